The third-order valence-corrected chi connectivity index (χ3v) is 3.21. The van der Waals surface area contributed by atoms with Crippen LogP contribution in [0.15, 0.2) is 12.3 Å². The van der Waals surface area contributed by atoms with E-state index in [2.05, 4.69) is 18.9 Å². The van der Waals surface area contributed by atoms with Crippen molar-refractivity contribution >= 4 is 11.5 Å². The molecule has 2 aromatic heterocycles. The van der Waals surface area contributed by atoms with E-state index in [0.29, 0.717) is 5.82 Å². The molecule has 0 saturated carbocycles. The standard InChI is InChI=1S/C14H22N4/c1-3-5-7-11-10-16-18-13(15)9-12(8-6-4-2)17-14(11)18/h9-10H,3-8,15H2,1-2H3. The number of aryl methyl sites for hydroxylation is 2. The lowest BCUT2D eigenvalue weighted by Gasteiger charge is -2.05. The van der Waals surface area contributed by atoms with Gasteiger partial charge < -0.3 is 5.73 Å². The second-order valence-electron chi connectivity index (χ2n) is 4.78. The largest absolute Gasteiger partial charge is 0.384 e. The molecule has 2 aromatic rings. The molecule has 0 fully saturated rings. The molecule has 0 saturated heterocycles. The molecule has 18 heavy (non-hydrogen) atoms. The molecule has 0 spiro atoms. The zero-order chi connectivity index (χ0) is 13.0. The van der Waals surface area contributed by atoms with Crippen molar-refractivity contribution in [3.63, 3.8) is 0 Å². The normalized spacial score (nSPS) is 11.2. The summed E-state index contributed by atoms with van der Waals surface area (Å²) in [6.45, 7) is 4.38. The minimum atomic E-state index is 0.689. The van der Waals surface area contributed by atoms with E-state index < -0.39 is 0 Å². The van der Waals surface area contributed by atoms with Crippen LogP contribution in [0.5, 0.6) is 0 Å². The lowest BCUT2D eigenvalue weighted by molar-refractivity contribution is 0.771. The van der Waals surface area contributed by atoms with E-state index in [1.165, 1.54) is 24.8 Å². The Morgan fingerprint density at radius 2 is 1.89 bits per heavy atom. The number of hydrogen-bond donors (Lipinski definition) is 1. The van der Waals surface area contributed by atoms with Crippen molar-refractivity contribution in [1.82, 2.24) is 14.6 Å². The Bertz CT molecular complexity index is 516. The first-order valence-electron chi connectivity index (χ1n) is 6.88. The maximum Gasteiger partial charge on any atom is 0.160 e. The van der Waals surface area contributed by atoms with Crippen LogP contribution in [0.4, 0.5) is 5.82 Å². The molecule has 2 heterocycles. The van der Waals surface area contributed by atoms with Gasteiger partial charge in [-0.1, -0.05) is 26.7 Å². The molecule has 2 N–H and O–H groups in total. The van der Waals surface area contributed by atoms with Gasteiger partial charge in [-0.15, -0.1) is 0 Å². The predicted octanol–water partition coefficient (Wildman–Crippen LogP) is 3.00. The van der Waals surface area contributed by atoms with E-state index in [1.807, 2.05) is 12.3 Å². The first kappa shape index (κ1) is 12.9. The van der Waals surface area contributed by atoms with Crippen LogP contribution < -0.4 is 5.73 Å². The number of aromatic nitrogens is 3. The minimum Gasteiger partial charge on any atom is -0.384 e. The average molecular weight is 246 g/mol. The summed E-state index contributed by atoms with van der Waals surface area (Å²) < 4.78 is 1.75. The van der Waals surface area contributed by atoms with Crippen LogP contribution in [0.2, 0.25) is 0 Å². The zero-order valence-corrected chi connectivity index (χ0v) is 11.3. The highest BCUT2D eigenvalue weighted by molar-refractivity contribution is 5.52. The topological polar surface area (TPSA) is 56.2 Å². The quantitative estimate of drug-likeness (QED) is 0.852. The average Bonchev–Trinajstić information content (AvgIpc) is 2.77. The second-order valence-corrected chi connectivity index (χ2v) is 4.78. The van der Waals surface area contributed by atoms with E-state index in [-0.39, 0.29) is 0 Å². The van der Waals surface area contributed by atoms with Gasteiger partial charge in [0, 0.05) is 17.3 Å². The third-order valence-electron chi connectivity index (χ3n) is 3.21. The van der Waals surface area contributed by atoms with Crippen molar-refractivity contribution in [2.24, 2.45) is 0 Å². The minimum absolute atomic E-state index is 0.689. The van der Waals surface area contributed by atoms with Gasteiger partial charge in [-0.05, 0) is 25.7 Å². The van der Waals surface area contributed by atoms with Gasteiger partial charge in [-0.2, -0.15) is 9.61 Å². The number of unbranched alkanes of at least 4 members (excludes halogenated alkanes) is 2. The SMILES string of the molecule is CCCCc1cc(N)n2ncc(CCCC)c2n1. The number of nitrogen functional groups attached to an aromatic ring is 1. The molecule has 98 valence electrons. The van der Waals surface area contributed by atoms with Crippen LogP contribution >= 0.6 is 0 Å². The molecule has 4 nitrogen and oxygen atoms in total. The molecule has 4 heteroatoms. The van der Waals surface area contributed by atoms with Crippen LogP contribution in [0, 0.1) is 0 Å². The molecule has 0 aliphatic heterocycles. The Morgan fingerprint density at radius 1 is 1.17 bits per heavy atom. The molecule has 0 amide bonds. The summed E-state index contributed by atoms with van der Waals surface area (Å²) in [4.78, 5) is 4.71. The van der Waals surface area contributed by atoms with Gasteiger partial charge in [-0.25, -0.2) is 4.98 Å². The number of rotatable bonds is 6. The van der Waals surface area contributed by atoms with Crippen molar-refractivity contribution in [3.05, 3.63) is 23.5 Å². The molecule has 0 aromatic carbocycles. The van der Waals surface area contributed by atoms with E-state index in [0.717, 1.165) is 30.6 Å². The smallest absolute Gasteiger partial charge is 0.160 e. The van der Waals surface area contributed by atoms with Crippen LogP contribution in [0.25, 0.3) is 5.65 Å². The van der Waals surface area contributed by atoms with Crippen LogP contribution in [0.3, 0.4) is 0 Å². The van der Waals surface area contributed by atoms with Crippen LogP contribution in [-0.4, -0.2) is 14.6 Å². The van der Waals surface area contributed by atoms with E-state index in [9.17, 15) is 0 Å². The van der Waals surface area contributed by atoms with Crippen LogP contribution in [-0.2, 0) is 12.8 Å². The van der Waals surface area contributed by atoms with Gasteiger partial charge in [-0.3, -0.25) is 0 Å². The Balaban J connectivity index is 2.34. The summed E-state index contributed by atoms with van der Waals surface area (Å²) in [7, 11) is 0. The number of nitrogens with zero attached hydrogens (tertiary/aromatic N) is 3. The molecule has 0 radical (unpaired) electrons. The van der Waals surface area contributed by atoms with Gasteiger partial charge in [0.2, 0.25) is 0 Å². The van der Waals surface area contributed by atoms with Crippen molar-refractivity contribution in [2.75, 3.05) is 5.73 Å². The summed E-state index contributed by atoms with van der Waals surface area (Å²) in [5.41, 5.74) is 9.26. The summed E-state index contributed by atoms with van der Waals surface area (Å²) in [6, 6.07) is 1.94. The van der Waals surface area contributed by atoms with Crippen molar-refractivity contribution in [1.29, 1.82) is 0 Å². The summed E-state index contributed by atoms with van der Waals surface area (Å²) >= 11 is 0. The maximum atomic E-state index is 6.03. The van der Waals surface area contributed by atoms with Crippen molar-refractivity contribution < 1.29 is 0 Å². The monoisotopic (exact) mass is 246 g/mol. The molecule has 0 aliphatic rings. The lowest BCUT2D eigenvalue weighted by Crippen LogP contribution is -2.03. The summed E-state index contributed by atoms with van der Waals surface area (Å²) in [5, 5.41) is 4.32. The van der Waals surface area contributed by atoms with Crippen molar-refractivity contribution in [2.45, 2.75) is 52.4 Å². The summed E-state index contributed by atoms with van der Waals surface area (Å²) in [5.74, 6) is 0.689. The Hall–Kier alpha value is -1.58. The second kappa shape index (κ2) is 5.85. The van der Waals surface area contributed by atoms with E-state index >= 15 is 0 Å². The molecule has 0 unspecified atom stereocenters. The fraction of sp³-hybridized carbons (Fsp3) is 0.571. The first-order valence-corrected chi connectivity index (χ1v) is 6.88. The Kier molecular flexibility index (Phi) is 4.18. The fourth-order valence-electron chi connectivity index (χ4n) is 2.11. The highest BCUT2D eigenvalue weighted by Crippen LogP contribution is 2.17. The number of fused-ring (bicyclic) bond motifs is 1. The highest BCUT2D eigenvalue weighted by Gasteiger charge is 2.09. The lowest BCUT2D eigenvalue weighted by atomic mass is 10.1. The van der Waals surface area contributed by atoms with E-state index in [1.54, 1.807) is 4.52 Å². The van der Waals surface area contributed by atoms with Gasteiger partial charge >= 0.3 is 0 Å². The molecule has 0 aliphatic carbocycles. The zero-order valence-electron chi connectivity index (χ0n) is 11.3. The Labute approximate surface area is 108 Å². The molecule has 2 rings (SSSR count). The van der Waals surface area contributed by atoms with Gasteiger partial charge in [0.05, 0.1) is 6.20 Å². The fourth-order valence-corrected chi connectivity index (χ4v) is 2.11. The summed E-state index contributed by atoms with van der Waals surface area (Å²) in [6.07, 6.45) is 8.61. The number of nitrogens with two attached hydrogens (primary N) is 1. The maximum absolute atomic E-state index is 6.03. The molecular formula is C14H22N4. The first-order chi connectivity index (χ1) is 8.76. The van der Waals surface area contributed by atoms with Gasteiger partial charge in [0.15, 0.2) is 5.65 Å². The van der Waals surface area contributed by atoms with Gasteiger partial charge in [0.25, 0.3) is 0 Å². The highest BCUT2D eigenvalue weighted by atomic mass is 15.3. The molecule has 0 bridgehead atoms. The third kappa shape index (κ3) is 2.63. The van der Waals surface area contributed by atoms with Crippen molar-refractivity contribution in [3.8, 4) is 0 Å². The molecule has 0 atom stereocenters. The van der Waals surface area contributed by atoms with Crippen LogP contribution in [0.1, 0.15) is 50.8 Å². The number of hydrogen-bond acceptors (Lipinski definition) is 3. The van der Waals surface area contributed by atoms with E-state index in [4.69, 9.17) is 10.7 Å². The molecular weight excluding hydrogens is 224 g/mol. The Morgan fingerprint density at radius 3 is 2.61 bits per heavy atom. The van der Waals surface area contributed by atoms with Gasteiger partial charge in [0.1, 0.15) is 5.82 Å². The number of anilines is 1. The predicted molar refractivity (Wildman–Crippen MR) is 74.6 cm³/mol.